The van der Waals surface area contributed by atoms with Gasteiger partial charge in [0.1, 0.15) is 12.6 Å². The molecule has 0 bridgehead atoms. The lowest BCUT2D eigenvalue weighted by atomic mass is 10.0. The Morgan fingerprint density at radius 3 is 2.21 bits per heavy atom. The third-order valence-corrected chi connectivity index (χ3v) is 4.56. The fraction of sp³-hybridized carbons (Fsp3) is 0.579. The van der Waals surface area contributed by atoms with Crippen molar-refractivity contribution in [3.05, 3.63) is 35.4 Å². The number of amides is 2. The number of hydrogen-bond acceptors (Lipinski definition) is 2. The number of quaternary nitrogens is 1. The van der Waals surface area contributed by atoms with Crippen LogP contribution in [0.5, 0.6) is 0 Å². The van der Waals surface area contributed by atoms with Crippen LogP contribution in [0.25, 0.3) is 0 Å². The number of likely N-dealkylation sites (tertiary alicyclic amines) is 1. The van der Waals surface area contributed by atoms with Crippen molar-refractivity contribution in [2.24, 2.45) is 5.92 Å². The van der Waals surface area contributed by atoms with E-state index in [1.165, 1.54) is 38.4 Å². The van der Waals surface area contributed by atoms with E-state index in [4.69, 9.17) is 0 Å². The molecule has 5 nitrogen and oxygen atoms in total. The lowest BCUT2D eigenvalue weighted by molar-refractivity contribution is -0.901. The maximum absolute atomic E-state index is 12.3. The Bertz CT molecular complexity index is 548. The van der Waals surface area contributed by atoms with Crippen LogP contribution in [-0.2, 0) is 22.7 Å². The number of benzene rings is 1. The van der Waals surface area contributed by atoms with Gasteiger partial charge in [0.15, 0.2) is 0 Å². The molecule has 1 atom stereocenters. The van der Waals surface area contributed by atoms with Crippen LogP contribution >= 0.6 is 0 Å². The van der Waals surface area contributed by atoms with Crippen LogP contribution in [0.15, 0.2) is 24.3 Å². The first-order chi connectivity index (χ1) is 11.5. The molecule has 1 saturated heterocycles. The Labute approximate surface area is 144 Å². The van der Waals surface area contributed by atoms with Crippen LogP contribution in [0.4, 0.5) is 0 Å². The van der Waals surface area contributed by atoms with Gasteiger partial charge in [0.05, 0.1) is 13.1 Å². The number of carbonyl (C=O) groups is 2. The molecule has 2 amide bonds. The van der Waals surface area contributed by atoms with E-state index in [0.29, 0.717) is 6.54 Å². The highest BCUT2D eigenvalue weighted by atomic mass is 16.2. The summed E-state index contributed by atoms with van der Waals surface area (Å²) in [5, 5.41) is 5.63. The zero-order chi connectivity index (χ0) is 17.5. The molecule has 1 aliphatic rings. The summed E-state index contributed by atoms with van der Waals surface area (Å²) in [5.74, 6) is -0.261. The van der Waals surface area contributed by atoms with Crippen molar-refractivity contribution in [2.75, 3.05) is 13.1 Å². The van der Waals surface area contributed by atoms with Gasteiger partial charge < -0.3 is 15.5 Å². The highest BCUT2D eigenvalue weighted by molar-refractivity contribution is 5.86. The number of nitrogens with one attached hydrogen (secondary N) is 3. The largest absolute Gasteiger partial charge is 0.350 e. The molecule has 5 heteroatoms. The molecular formula is C19H30N3O2+. The van der Waals surface area contributed by atoms with Crippen LogP contribution in [0.3, 0.4) is 0 Å². The first-order valence-electron chi connectivity index (χ1n) is 8.92. The summed E-state index contributed by atoms with van der Waals surface area (Å²) in [5.41, 5.74) is 2.43. The topological polar surface area (TPSA) is 62.6 Å². The predicted octanol–water partition coefficient (Wildman–Crippen LogP) is 0.642. The molecule has 1 heterocycles. The highest BCUT2D eigenvalue weighted by Crippen LogP contribution is 2.06. The minimum absolute atomic E-state index is 0.0553. The van der Waals surface area contributed by atoms with Crippen molar-refractivity contribution in [3.63, 3.8) is 0 Å². The summed E-state index contributed by atoms with van der Waals surface area (Å²) in [6, 6.07) is 7.98. The van der Waals surface area contributed by atoms with Crippen molar-refractivity contribution in [3.8, 4) is 0 Å². The zero-order valence-electron chi connectivity index (χ0n) is 15.0. The maximum atomic E-state index is 12.3. The van der Waals surface area contributed by atoms with Crippen molar-refractivity contribution in [1.82, 2.24) is 10.6 Å². The molecule has 132 valence electrons. The van der Waals surface area contributed by atoms with Crippen LogP contribution in [-0.4, -0.2) is 30.9 Å². The molecule has 1 fully saturated rings. The molecule has 2 rings (SSSR count). The van der Waals surface area contributed by atoms with Crippen molar-refractivity contribution < 1.29 is 14.5 Å². The molecule has 0 spiro atoms. The average Bonchev–Trinajstić information content (AvgIpc) is 3.04. The fourth-order valence-corrected chi connectivity index (χ4v) is 3.17. The Morgan fingerprint density at radius 1 is 1.08 bits per heavy atom. The Morgan fingerprint density at radius 2 is 1.67 bits per heavy atom. The zero-order valence-corrected chi connectivity index (χ0v) is 15.0. The highest BCUT2D eigenvalue weighted by Gasteiger charge is 2.22. The number of hydrogen-bond donors (Lipinski definition) is 3. The molecule has 0 aliphatic carbocycles. The predicted molar refractivity (Wildman–Crippen MR) is 94.4 cm³/mol. The van der Waals surface area contributed by atoms with Gasteiger partial charge in [-0.05, 0) is 11.5 Å². The Balaban J connectivity index is 1.84. The van der Waals surface area contributed by atoms with Crippen molar-refractivity contribution >= 4 is 11.8 Å². The number of carbonyl (C=O) groups excluding carboxylic acids is 2. The minimum Gasteiger partial charge on any atom is -0.350 e. The SMILES string of the molecule is CC(=O)N[C@H](C(=O)NCc1ccc(C[NH+]2CCCC2)cc1)C(C)C. The van der Waals surface area contributed by atoms with Gasteiger partial charge in [-0.15, -0.1) is 0 Å². The summed E-state index contributed by atoms with van der Waals surface area (Å²) in [4.78, 5) is 25.1. The second-order valence-corrected chi connectivity index (χ2v) is 7.09. The maximum Gasteiger partial charge on any atom is 0.243 e. The van der Waals surface area contributed by atoms with Gasteiger partial charge in [-0.1, -0.05) is 38.1 Å². The average molecular weight is 332 g/mol. The second kappa shape index (κ2) is 8.83. The fourth-order valence-electron chi connectivity index (χ4n) is 3.17. The van der Waals surface area contributed by atoms with Gasteiger partial charge in [-0.2, -0.15) is 0 Å². The van der Waals surface area contributed by atoms with Gasteiger partial charge in [0, 0.05) is 31.9 Å². The van der Waals surface area contributed by atoms with Crippen LogP contribution in [0, 0.1) is 5.92 Å². The monoisotopic (exact) mass is 332 g/mol. The molecule has 1 aromatic carbocycles. The molecular weight excluding hydrogens is 302 g/mol. The van der Waals surface area contributed by atoms with E-state index in [9.17, 15) is 9.59 Å². The summed E-state index contributed by atoms with van der Waals surface area (Å²) >= 11 is 0. The minimum atomic E-state index is -0.486. The van der Waals surface area contributed by atoms with Crippen molar-refractivity contribution in [2.45, 2.75) is 52.7 Å². The third-order valence-electron chi connectivity index (χ3n) is 4.56. The van der Waals surface area contributed by atoms with Gasteiger partial charge >= 0.3 is 0 Å². The lowest BCUT2D eigenvalue weighted by Gasteiger charge is -2.21. The van der Waals surface area contributed by atoms with Crippen molar-refractivity contribution in [1.29, 1.82) is 0 Å². The quantitative estimate of drug-likeness (QED) is 0.686. The third kappa shape index (κ3) is 5.64. The van der Waals surface area contributed by atoms with E-state index in [1.807, 2.05) is 13.8 Å². The summed E-state index contributed by atoms with van der Waals surface area (Å²) in [6.45, 7) is 9.41. The molecule has 0 radical (unpaired) electrons. The number of rotatable bonds is 7. The first-order valence-corrected chi connectivity index (χ1v) is 8.92. The first kappa shape index (κ1) is 18.5. The van der Waals surface area contributed by atoms with Gasteiger partial charge in [-0.25, -0.2) is 0 Å². The normalized spacial score (nSPS) is 16.2. The standard InChI is InChI=1S/C19H29N3O2/c1-14(2)18(21-15(3)23)19(24)20-12-16-6-8-17(9-7-16)13-22-10-4-5-11-22/h6-9,14,18H,4-5,10-13H2,1-3H3,(H,20,24)(H,21,23)/p+1/t18-/m0/s1. The molecule has 1 aromatic rings. The molecule has 0 saturated carbocycles. The van der Waals surface area contributed by atoms with E-state index in [0.717, 1.165) is 12.1 Å². The van der Waals surface area contributed by atoms with Gasteiger partial charge in [-0.3, -0.25) is 9.59 Å². The van der Waals surface area contributed by atoms with E-state index in [2.05, 4.69) is 34.9 Å². The Hall–Kier alpha value is -1.88. The van der Waals surface area contributed by atoms with Crippen LogP contribution in [0.2, 0.25) is 0 Å². The van der Waals surface area contributed by atoms with E-state index < -0.39 is 6.04 Å². The van der Waals surface area contributed by atoms with E-state index in [1.54, 1.807) is 4.90 Å². The molecule has 24 heavy (non-hydrogen) atoms. The summed E-state index contributed by atoms with van der Waals surface area (Å²) in [7, 11) is 0. The van der Waals surface area contributed by atoms with Crippen LogP contribution in [0.1, 0.15) is 44.7 Å². The van der Waals surface area contributed by atoms with Crippen LogP contribution < -0.4 is 15.5 Å². The van der Waals surface area contributed by atoms with E-state index >= 15 is 0 Å². The van der Waals surface area contributed by atoms with Gasteiger partial charge in [0.2, 0.25) is 11.8 Å². The summed E-state index contributed by atoms with van der Waals surface area (Å²) < 4.78 is 0. The second-order valence-electron chi connectivity index (χ2n) is 7.09. The van der Waals surface area contributed by atoms with E-state index in [-0.39, 0.29) is 17.7 Å². The van der Waals surface area contributed by atoms with Gasteiger partial charge in [0.25, 0.3) is 0 Å². The smallest absolute Gasteiger partial charge is 0.243 e. The molecule has 3 N–H and O–H groups in total. The Kier molecular flexibility index (Phi) is 6.79. The molecule has 0 unspecified atom stereocenters. The summed E-state index contributed by atoms with van der Waals surface area (Å²) in [6.07, 6.45) is 2.68. The lowest BCUT2D eigenvalue weighted by Crippen LogP contribution is -3.08. The molecule has 0 aromatic heterocycles. The molecule has 1 aliphatic heterocycles.